The van der Waals surface area contributed by atoms with Crippen molar-refractivity contribution >= 4 is 23.0 Å². The molecule has 3 N–H and O–H groups in total. The summed E-state index contributed by atoms with van der Waals surface area (Å²) in [7, 11) is 1.77. The summed E-state index contributed by atoms with van der Waals surface area (Å²) in [5.41, 5.74) is 1.59. The van der Waals surface area contributed by atoms with Gasteiger partial charge in [0.15, 0.2) is 5.96 Å². The molecule has 0 aliphatic heterocycles. The summed E-state index contributed by atoms with van der Waals surface area (Å²) in [5, 5.41) is 11.0. The van der Waals surface area contributed by atoms with Crippen LogP contribution in [0.15, 0.2) is 33.7 Å². The fourth-order valence-electron chi connectivity index (χ4n) is 3.80. The van der Waals surface area contributed by atoms with E-state index in [0.717, 1.165) is 53.9 Å². The summed E-state index contributed by atoms with van der Waals surface area (Å²) in [5.74, 6) is 1.68. The number of nitrogens with one attached hydrogen (secondary N) is 3. The van der Waals surface area contributed by atoms with Crippen LogP contribution in [0.25, 0.3) is 11.0 Å². The van der Waals surface area contributed by atoms with Crippen molar-refractivity contribution in [2.45, 2.75) is 77.6 Å². The van der Waals surface area contributed by atoms with Gasteiger partial charge in [0.25, 0.3) is 0 Å². The molecule has 3 rings (SSSR count). The Balaban J connectivity index is 1.45. The number of carbonyl (C=O) groups excluding carboxylic acids is 1. The highest BCUT2D eigenvalue weighted by molar-refractivity contribution is 5.83. The first-order valence-corrected chi connectivity index (χ1v) is 10.7. The lowest BCUT2D eigenvalue weighted by Gasteiger charge is -2.31. The van der Waals surface area contributed by atoms with Crippen LogP contribution in [0.2, 0.25) is 0 Å². The molecule has 30 heavy (non-hydrogen) atoms. The zero-order valence-electron chi connectivity index (χ0n) is 18.7. The molecule has 1 fully saturated rings. The van der Waals surface area contributed by atoms with Gasteiger partial charge in [0.1, 0.15) is 16.9 Å². The van der Waals surface area contributed by atoms with Gasteiger partial charge in [0.2, 0.25) is 0 Å². The first-order valence-electron chi connectivity index (χ1n) is 10.7. The minimum atomic E-state index is -0.473. The van der Waals surface area contributed by atoms with Crippen molar-refractivity contribution in [3.63, 3.8) is 0 Å². The molecule has 1 heterocycles. The number of hydrogen-bond donors (Lipinski definition) is 3. The second kappa shape index (κ2) is 9.41. The molecule has 164 valence electrons. The molecule has 1 saturated carbocycles. The van der Waals surface area contributed by atoms with Crippen molar-refractivity contribution in [3.05, 3.63) is 35.6 Å². The fraction of sp³-hybridized carbons (Fsp3) is 0.565. The molecule has 1 aromatic carbocycles. The van der Waals surface area contributed by atoms with Crippen LogP contribution in [-0.4, -0.2) is 36.8 Å². The van der Waals surface area contributed by atoms with Crippen LogP contribution in [0.1, 0.15) is 57.8 Å². The van der Waals surface area contributed by atoms with Crippen molar-refractivity contribution in [2.24, 2.45) is 4.99 Å². The molecule has 1 aliphatic rings. The number of aryl methyl sites for hydroxylation is 1. The summed E-state index contributed by atoms with van der Waals surface area (Å²) >= 11 is 0. The number of aliphatic imine (C=N–C) groups is 1. The molecule has 0 atom stereocenters. The largest absolute Gasteiger partial charge is 0.459 e. The SMILES string of the molecule is CN=C(NCc1oc2ccccc2c1C)NC1CCC(NC(=O)OC(C)(C)C)CC1. The quantitative estimate of drug-likeness (QED) is 0.514. The van der Waals surface area contributed by atoms with Crippen molar-refractivity contribution in [1.29, 1.82) is 0 Å². The normalized spacial score (nSPS) is 20.1. The molecule has 0 spiro atoms. The fourth-order valence-corrected chi connectivity index (χ4v) is 3.80. The summed E-state index contributed by atoms with van der Waals surface area (Å²) in [6, 6.07) is 8.56. The zero-order chi connectivity index (χ0) is 21.7. The van der Waals surface area contributed by atoms with Gasteiger partial charge in [0, 0.05) is 30.1 Å². The van der Waals surface area contributed by atoms with Gasteiger partial charge >= 0.3 is 6.09 Å². The maximum absolute atomic E-state index is 12.0. The molecular weight excluding hydrogens is 380 g/mol. The highest BCUT2D eigenvalue weighted by Crippen LogP contribution is 2.24. The maximum atomic E-state index is 12.0. The van der Waals surface area contributed by atoms with E-state index >= 15 is 0 Å². The van der Waals surface area contributed by atoms with Gasteiger partial charge in [-0.15, -0.1) is 0 Å². The molecule has 1 aromatic heterocycles. The third-order valence-corrected chi connectivity index (χ3v) is 5.37. The first kappa shape index (κ1) is 22.0. The Labute approximate surface area is 178 Å². The Hall–Kier alpha value is -2.70. The van der Waals surface area contributed by atoms with Crippen LogP contribution in [0.4, 0.5) is 4.79 Å². The number of hydrogen-bond acceptors (Lipinski definition) is 4. The number of rotatable bonds is 4. The lowest BCUT2D eigenvalue weighted by molar-refractivity contribution is 0.0490. The van der Waals surface area contributed by atoms with E-state index in [1.54, 1.807) is 7.05 Å². The molecule has 1 aliphatic carbocycles. The number of furan rings is 1. The molecule has 7 nitrogen and oxygen atoms in total. The number of nitrogens with zero attached hydrogens (tertiary/aromatic N) is 1. The Morgan fingerprint density at radius 2 is 1.77 bits per heavy atom. The number of para-hydroxylation sites is 1. The van der Waals surface area contributed by atoms with Crippen molar-refractivity contribution in [1.82, 2.24) is 16.0 Å². The molecule has 0 unspecified atom stereocenters. The van der Waals surface area contributed by atoms with Crippen molar-refractivity contribution in [3.8, 4) is 0 Å². The average molecular weight is 415 g/mol. The smallest absolute Gasteiger partial charge is 0.407 e. The van der Waals surface area contributed by atoms with Crippen LogP contribution in [0.5, 0.6) is 0 Å². The number of guanidine groups is 1. The molecular formula is C23H34N4O3. The van der Waals surface area contributed by atoms with Crippen LogP contribution >= 0.6 is 0 Å². The predicted octanol–water partition coefficient (Wildman–Crippen LogP) is 4.24. The Bertz CT molecular complexity index is 889. The number of fused-ring (bicyclic) bond motifs is 1. The van der Waals surface area contributed by atoms with E-state index in [2.05, 4.69) is 33.9 Å². The Morgan fingerprint density at radius 3 is 2.37 bits per heavy atom. The van der Waals surface area contributed by atoms with E-state index in [1.165, 1.54) is 0 Å². The molecule has 1 amide bonds. The topological polar surface area (TPSA) is 87.9 Å². The van der Waals surface area contributed by atoms with Gasteiger partial charge in [-0.05, 0) is 59.4 Å². The van der Waals surface area contributed by atoms with Gasteiger partial charge in [0.05, 0.1) is 6.54 Å². The molecule has 0 radical (unpaired) electrons. The summed E-state index contributed by atoms with van der Waals surface area (Å²) in [6.07, 6.45) is 3.42. The lowest BCUT2D eigenvalue weighted by Crippen LogP contribution is -2.47. The van der Waals surface area contributed by atoms with Crippen LogP contribution in [0, 0.1) is 6.92 Å². The maximum Gasteiger partial charge on any atom is 0.407 e. The van der Waals surface area contributed by atoms with Gasteiger partial charge in [-0.25, -0.2) is 4.79 Å². The van der Waals surface area contributed by atoms with Gasteiger partial charge in [-0.2, -0.15) is 0 Å². The van der Waals surface area contributed by atoms with E-state index in [0.29, 0.717) is 12.6 Å². The second-order valence-corrected chi connectivity index (χ2v) is 8.91. The van der Waals surface area contributed by atoms with Crippen molar-refractivity contribution in [2.75, 3.05) is 7.05 Å². The number of amides is 1. The van der Waals surface area contributed by atoms with E-state index in [-0.39, 0.29) is 12.1 Å². The van der Waals surface area contributed by atoms with Crippen LogP contribution in [-0.2, 0) is 11.3 Å². The molecule has 0 bridgehead atoms. The third kappa shape index (κ3) is 5.90. The van der Waals surface area contributed by atoms with Gasteiger partial charge in [-0.1, -0.05) is 18.2 Å². The molecule has 2 aromatic rings. The zero-order valence-corrected chi connectivity index (χ0v) is 18.7. The predicted molar refractivity (Wildman–Crippen MR) is 120 cm³/mol. The van der Waals surface area contributed by atoms with E-state index in [9.17, 15) is 4.79 Å². The number of ether oxygens (including phenoxy) is 1. The Kier molecular flexibility index (Phi) is 6.90. The first-order chi connectivity index (χ1) is 14.2. The summed E-state index contributed by atoms with van der Waals surface area (Å²) in [6.45, 7) is 8.28. The highest BCUT2D eigenvalue weighted by Gasteiger charge is 2.25. The summed E-state index contributed by atoms with van der Waals surface area (Å²) in [4.78, 5) is 16.3. The molecule has 7 heteroatoms. The lowest BCUT2D eigenvalue weighted by atomic mass is 9.91. The van der Waals surface area contributed by atoms with Crippen LogP contribution in [0.3, 0.4) is 0 Å². The van der Waals surface area contributed by atoms with Gasteiger partial charge in [-0.3, -0.25) is 4.99 Å². The standard InChI is InChI=1S/C23H34N4O3/c1-15-18-8-6-7-9-19(18)29-20(15)14-25-21(24-5)26-16-10-12-17(13-11-16)27-22(28)30-23(2,3)4/h6-9,16-17H,10-14H2,1-5H3,(H,27,28)(H2,24,25,26). The Morgan fingerprint density at radius 1 is 1.13 bits per heavy atom. The van der Waals surface area contributed by atoms with E-state index in [1.807, 2.05) is 39.0 Å². The van der Waals surface area contributed by atoms with E-state index < -0.39 is 5.60 Å². The second-order valence-electron chi connectivity index (χ2n) is 8.91. The van der Waals surface area contributed by atoms with Gasteiger partial charge < -0.3 is 25.1 Å². The van der Waals surface area contributed by atoms with Crippen LogP contribution < -0.4 is 16.0 Å². The highest BCUT2D eigenvalue weighted by atomic mass is 16.6. The average Bonchev–Trinajstić information content (AvgIpc) is 3.01. The molecule has 0 saturated heterocycles. The van der Waals surface area contributed by atoms with E-state index in [4.69, 9.17) is 9.15 Å². The third-order valence-electron chi connectivity index (χ3n) is 5.37. The van der Waals surface area contributed by atoms with Crippen molar-refractivity contribution < 1.29 is 13.9 Å². The monoisotopic (exact) mass is 414 g/mol. The minimum Gasteiger partial charge on any atom is -0.459 e. The minimum absolute atomic E-state index is 0.158. The number of benzene rings is 1. The number of alkyl carbamates (subject to hydrolysis) is 1. The number of carbonyl (C=O) groups is 1. The summed E-state index contributed by atoms with van der Waals surface area (Å²) < 4.78 is 11.3.